The Morgan fingerprint density at radius 1 is 1.26 bits per heavy atom. The van der Waals surface area contributed by atoms with Gasteiger partial charge in [-0.25, -0.2) is 0 Å². The summed E-state index contributed by atoms with van der Waals surface area (Å²) in [4.78, 5) is 26.9. The van der Waals surface area contributed by atoms with Crippen LogP contribution in [0.3, 0.4) is 0 Å². The molecule has 1 N–H and O–H groups in total. The van der Waals surface area contributed by atoms with Crippen LogP contribution in [0.25, 0.3) is 0 Å². The zero-order valence-electron chi connectivity index (χ0n) is 11.8. The third-order valence-corrected chi connectivity index (χ3v) is 4.58. The summed E-state index contributed by atoms with van der Waals surface area (Å²) < 4.78 is 0. The first kappa shape index (κ1) is 14.3. The van der Waals surface area contributed by atoms with Gasteiger partial charge in [-0.05, 0) is 24.7 Å². The second kappa shape index (κ2) is 5.90. The largest absolute Gasteiger partial charge is 0.481 e. The highest BCUT2D eigenvalue weighted by Crippen LogP contribution is 2.24. The van der Waals surface area contributed by atoms with Gasteiger partial charge in [0.05, 0.1) is 12.5 Å². The summed E-state index contributed by atoms with van der Waals surface area (Å²) in [6.07, 6.45) is 2.20. The fourth-order valence-corrected chi connectivity index (χ4v) is 2.81. The van der Waals surface area contributed by atoms with Gasteiger partial charge < -0.3 is 10.0 Å². The first-order chi connectivity index (χ1) is 8.97. The Bertz CT molecular complexity index is 345. The van der Waals surface area contributed by atoms with E-state index in [0.29, 0.717) is 6.54 Å². The Kier molecular flexibility index (Phi) is 4.45. The molecular formula is C14H24N2O3. The standard InChI is InChI=1S/C14H24N2O3/c1-10-3-5-16(6-4-10)13(17)9-15-7-12(8-15)11(2)14(18)19/h10-12H,3-9H2,1-2H3,(H,18,19). The van der Waals surface area contributed by atoms with E-state index in [-0.39, 0.29) is 17.7 Å². The van der Waals surface area contributed by atoms with E-state index in [4.69, 9.17) is 5.11 Å². The Balaban J connectivity index is 1.69. The maximum Gasteiger partial charge on any atom is 0.306 e. The minimum atomic E-state index is -0.735. The van der Waals surface area contributed by atoms with E-state index in [0.717, 1.165) is 44.9 Å². The molecule has 2 fully saturated rings. The molecule has 19 heavy (non-hydrogen) atoms. The number of amides is 1. The number of carboxylic acids is 1. The van der Waals surface area contributed by atoms with Crippen molar-refractivity contribution < 1.29 is 14.7 Å². The zero-order valence-corrected chi connectivity index (χ0v) is 11.8. The highest BCUT2D eigenvalue weighted by atomic mass is 16.4. The monoisotopic (exact) mass is 268 g/mol. The molecule has 1 atom stereocenters. The summed E-state index contributed by atoms with van der Waals surface area (Å²) in [6.45, 7) is 7.67. The third kappa shape index (κ3) is 3.47. The number of hydrogen-bond acceptors (Lipinski definition) is 3. The Morgan fingerprint density at radius 2 is 1.84 bits per heavy atom. The van der Waals surface area contributed by atoms with Crippen molar-refractivity contribution in [2.75, 3.05) is 32.7 Å². The van der Waals surface area contributed by atoms with E-state index in [9.17, 15) is 9.59 Å². The Morgan fingerprint density at radius 3 is 2.37 bits per heavy atom. The maximum absolute atomic E-state index is 12.1. The molecule has 0 bridgehead atoms. The summed E-state index contributed by atoms with van der Waals surface area (Å²) in [7, 11) is 0. The lowest BCUT2D eigenvalue weighted by Gasteiger charge is -2.42. The molecule has 0 radical (unpaired) electrons. The minimum absolute atomic E-state index is 0.201. The van der Waals surface area contributed by atoms with Crippen molar-refractivity contribution in [3.63, 3.8) is 0 Å². The van der Waals surface area contributed by atoms with Gasteiger partial charge in [0.25, 0.3) is 0 Å². The molecule has 5 heteroatoms. The van der Waals surface area contributed by atoms with Crippen LogP contribution in [0.4, 0.5) is 0 Å². The van der Waals surface area contributed by atoms with Crippen molar-refractivity contribution in [2.45, 2.75) is 26.7 Å². The molecule has 5 nitrogen and oxygen atoms in total. The highest BCUT2D eigenvalue weighted by molar-refractivity contribution is 5.78. The predicted molar refractivity (Wildman–Crippen MR) is 71.7 cm³/mol. The molecule has 0 saturated carbocycles. The Labute approximate surface area is 114 Å². The fourth-order valence-electron chi connectivity index (χ4n) is 2.81. The zero-order chi connectivity index (χ0) is 14.0. The fraction of sp³-hybridized carbons (Fsp3) is 0.857. The van der Waals surface area contributed by atoms with Gasteiger partial charge in [-0.1, -0.05) is 13.8 Å². The van der Waals surface area contributed by atoms with Crippen molar-refractivity contribution >= 4 is 11.9 Å². The molecule has 1 amide bonds. The molecule has 0 spiro atoms. The van der Waals surface area contributed by atoms with Gasteiger partial charge in [-0.3, -0.25) is 14.5 Å². The van der Waals surface area contributed by atoms with Gasteiger partial charge in [0, 0.05) is 26.2 Å². The highest BCUT2D eigenvalue weighted by Gasteiger charge is 2.36. The third-order valence-electron chi connectivity index (χ3n) is 4.58. The number of hydrogen-bond donors (Lipinski definition) is 1. The van der Waals surface area contributed by atoms with Crippen molar-refractivity contribution in [1.82, 2.24) is 9.80 Å². The predicted octanol–water partition coefficient (Wildman–Crippen LogP) is 0.897. The minimum Gasteiger partial charge on any atom is -0.481 e. The topological polar surface area (TPSA) is 60.9 Å². The number of carboxylic acid groups (broad SMARTS) is 1. The summed E-state index contributed by atoms with van der Waals surface area (Å²) in [6, 6.07) is 0. The van der Waals surface area contributed by atoms with E-state index in [2.05, 4.69) is 11.8 Å². The lowest BCUT2D eigenvalue weighted by Crippen LogP contribution is -2.54. The van der Waals surface area contributed by atoms with Gasteiger partial charge in [0.15, 0.2) is 0 Å². The average molecular weight is 268 g/mol. The van der Waals surface area contributed by atoms with Crippen molar-refractivity contribution in [3.8, 4) is 0 Å². The van der Waals surface area contributed by atoms with E-state index in [1.54, 1.807) is 6.92 Å². The van der Waals surface area contributed by atoms with Gasteiger partial charge in [-0.2, -0.15) is 0 Å². The van der Waals surface area contributed by atoms with Gasteiger partial charge in [0.1, 0.15) is 0 Å². The number of aliphatic carboxylic acids is 1. The van der Waals surface area contributed by atoms with Crippen LogP contribution in [0.15, 0.2) is 0 Å². The van der Waals surface area contributed by atoms with Crippen LogP contribution in [0.1, 0.15) is 26.7 Å². The van der Waals surface area contributed by atoms with Crippen molar-refractivity contribution in [3.05, 3.63) is 0 Å². The lowest BCUT2D eigenvalue weighted by atomic mass is 9.87. The average Bonchev–Trinajstić information content (AvgIpc) is 2.33. The first-order valence-corrected chi connectivity index (χ1v) is 7.20. The normalized spacial score (nSPS) is 24.0. The van der Waals surface area contributed by atoms with Gasteiger partial charge >= 0.3 is 5.97 Å². The molecule has 108 valence electrons. The maximum atomic E-state index is 12.1. The summed E-state index contributed by atoms with van der Waals surface area (Å²) >= 11 is 0. The van der Waals surface area contributed by atoms with Crippen molar-refractivity contribution in [1.29, 1.82) is 0 Å². The summed E-state index contributed by atoms with van der Waals surface area (Å²) in [5.74, 6) is 0.0945. The van der Waals surface area contributed by atoms with E-state index in [1.165, 1.54) is 0 Å². The van der Waals surface area contributed by atoms with Crippen LogP contribution in [0.2, 0.25) is 0 Å². The summed E-state index contributed by atoms with van der Waals surface area (Å²) in [5.41, 5.74) is 0. The molecule has 2 heterocycles. The van der Waals surface area contributed by atoms with Crippen LogP contribution in [-0.2, 0) is 9.59 Å². The van der Waals surface area contributed by atoms with Gasteiger partial charge in [0.2, 0.25) is 5.91 Å². The number of rotatable bonds is 4. The Hall–Kier alpha value is -1.10. The number of carbonyl (C=O) groups is 2. The molecule has 0 aromatic heterocycles. The van der Waals surface area contributed by atoms with Gasteiger partial charge in [-0.15, -0.1) is 0 Å². The van der Waals surface area contributed by atoms with Crippen LogP contribution < -0.4 is 0 Å². The molecule has 2 rings (SSSR count). The second-order valence-electron chi connectivity index (χ2n) is 6.14. The number of likely N-dealkylation sites (tertiary alicyclic amines) is 2. The van der Waals surface area contributed by atoms with Crippen LogP contribution >= 0.6 is 0 Å². The molecule has 2 saturated heterocycles. The van der Waals surface area contributed by atoms with Crippen LogP contribution in [-0.4, -0.2) is 59.5 Å². The van der Waals surface area contributed by atoms with Crippen LogP contribution in [0, 0.1) is 17.8 Å². The summed E-state index contributed by atoms with van der Waals surface area (Å²) in [5, 5.41) is 8.92. The molecule has 2 aliphatic rings. The number of nitrogens with zero attached hydrogens (tertiary/aromatic N) is 2. The number of piperidine rings is 1. The number of carbonyl (C=O) groups excluding carboxylic acids is 1. The molecular weight excluding hydrogens is 244 g/mol. The first-order valence-electron chi connectivity index (χ1n) is 7.20. The van der Waals surface area contributed by atoms with E-state index < -0.39 is 5.97 Å². The van der Waals surface area contributed by atoms with E-state index in [1.807, 2.05) is 4.90 Å². The molecule has 2 aliphatic heterocycles. The van der Waals surface area contributed by atoms with E-state index >= 15 is 0 Å². The lowest BCUT2D eigenvalue weighted by molar-refractivity contribution is -0.146. The smallest absolute Gasteiger partial charge is 0.306 e. The molecule has 1 unspecified atom stereocenters. The molecule has 0 aromatic carbocycles. The second-order valence-corrected chi connectivity index (χ2v) is 6.14. The molecule has 0 aromatic rings. The SMILES string of the molecule is CC1CCN(C(=O)CN2CC(C(C)C(=O)O)C2)CC1. The van der Waals surface area contributed by atoms with Crippen LogP contribution in [0.5, 0.6) is 0 Å². The molecule has 0 aliphatic carbocycles. The quantitative estimate of drug-likeness (QED) is 0.823. The van der Waals surface area contributed by atoms with Crippen molar-refractivity contribution in [2.24, 2.45) is 17.8 Å².